The third kappa shape index (κ3) is 4.81. The van der Waals surface area contributed by atoms with Crippen LogP contribution in [0.25, 0.3) is 0 Å². The van der Waals surface area contributed by atoms with Gasteiger partial charge in [-0.05, 0) is 24.3 Å². The zero-order chi connectivity index (χ0) is 16.3. The van der Waals surface area contributed by atoms with Crippen LogP contribution in [0, 0.1) is 5.92 Å². The minimum Gasteiger partial charge on any atom is -0.409 e. The summed E-state index contributed by atoms with van der Waals surface area (Å²) in [4.78, 5) is 0.0526. The number of halogens is 3. The van der Waals surface area contributed by atoms with Gasteiger partial charge in [0.1, 0.15) is 5.92 Å². The summed E-state index contributed by atoms with van der Waals surface area (Å²) < 4.78 is 60.5. The minimum atomic E-state index is -4.67. The predicted molar refractivity (Wildman–Crippen MR) is 71.0 cm³/mol. The van der Waals surface area contributed by atoms with Crippen LogP contribution in [-0.4, -0.2) is 38.4 Å². The molecule has 1 rings (SSSR count). The molecule has 1 aromatic rings. The quantitative estimate of drug-likeness (QED) is 0.329. The number of nitrogens with zero attached hydrogens (tertiary/aromatic N) is 1. The third-order valence-electron chi connectivity index (χ3n) is 2.66. The summed E-state index contributed by atoms with van der Waals surface area (Å²) >= 11 is 0. The zero-order valence-corrected chi connectivity index (χ0v) is 11.7. The normalized spacial score (nSPS) is 14.8. The highest BCUT2D eigenvalue weighted by atomic mass is 32.2. The first-order chi connectivity index (χ1) is 9.55. The van der Waals surface area contributed by atoms with Crippen LogP contribution in [0.1, 0.15) is 0 Å². The molecule has 0 aliphatic rings. The second-order valence-corrected chi connectivity index (χ2v) is 6.31. The van der Waals surface area contributed by atoms with Crippen molar-refractivity contribution in [2.24, 2.45) is 16.8 Å². The molecule has 0 saturated heterocycles. The van der Waals surface area contributed by atoms with E-state index in [2.05, 4.69) is 10.5 Å². The van der Waals surface area contributed by atoms with E-state index < -0.39 is 34.3 Å². The molecule has 118 valence electrons. The van der Waals surface area contributed by atoms with Crippen molar-refractivity contribution >= 4 is 21.4 Å². The van der Waals surface area contributed by atoms with Gasteiger partial charge in [-0.2, -0.15) is 13.2 Å². The van der Waals surface area contributed by atoms with Crippen molar-refractivity contribution in [3.63, 3.8) is 0 Å². The highest BCUT2D eigenvalue weighted by Crippen LogP contribution is 2.27. The van der Waals surface area contributed by atoms with E-state index in [1.807, 2.05) is 0 Å². The molecule has 0 aliphatic carbocycles. The number of anilines is 1. The average molecular weight is 325 g/mol. The third-order valence-corrected chi connectivity index (χ3v) is 3.79. The fourth-order valence-electron chi connectivity index (χ4n) is 1.50. The van der Waals surface area contributed by atoms with Gasteiger partial charge in [-0.1, -0.05) is 5.16 Å². The van der Waals surface area contributed by atoms with Gasteiger partial charge in [0.2, 0.25) is 0 Å². The Kier molecular flexibility index (Phi) is 5.05. The molecule has 0 radical (unpaired) electrons. The Hall–Kier alpha value is -1.97. The van der Waals surface area contributed by atoms with E-state index in [1.54, 1.807) is 0 Å². The number of nitrogens with one attached hydrogen (secondary N) is 1. The van der Waals surface area contributed by atoms with E-state index in [1.165, 1.54) is 24.3 Å². The molecule has 10 heteroatoms. The Morgan fingerprint density at radius 3 is 2.29 bits per heavy atom. The SMILES string of the molecule is CS(=O)(=O)c1ccc(NCC(/C(N)=N/O)C(F)(F)F)cc1. The fourth-order valence-corrected chi connectivity index (χ4v) is 2.13. The fraction of sp³-hybridized carbons (Fsp3) is 0.364. The van der Waals surface area contributed by atoms with E-state index in [9.17, 15) is 21.6 Å². The van der Waals surface area contributed by atoms with E-state index in [4.69, 9.17) is 10.9 Å². The molecular weight excluding hydrogens is 311 g/mol. The molecule has 1 unspecified atom stereocenters. The van der Waals surface area contributed by atoms with Crippen molar-refractivity contribution in [3.8, 4) is 0 Å². The molecule has 0 aromatic heterocycles. The van der Waals surface area contributed by atoms with Crippen LogP contribution in [0.3, 0.4) is 0 Å². The molecule has 0 heterocycles. The lowest BCUT2D eigenvalue weighted by molar-refractivity contribution is -0.152. The highest BCUT2D eigenvalue weighted by molar-refractivity contribution is 7.90. The molecule has 1 atom stereocenters. The number of alkyl halides is 3. The van der Waals surface area contributed by atoms with Gasteiger partial charge < -0.3 is 16.3 Å². The van der Waals surface area contributed by atoms with E-state index in [0.717, 1.165) is 6.26 Å². The Balaban J connectivity index is 2.82. The molecule has 21 heavy (non-hydrogen) atoms. The van der Waals surface area contributed by atoms with Gasteiger partial charge >= 0.3 is 6.18 Å². The van der Waals surface area contributed by atoms with Crippen LogP contribution in [0.5, 0.6) is 0 Å². The van der Waals surface area contributed by atoms with Gasteiger partial charge in [-0.3, -0.25) is 0 Å². The Morgan fingerprint density at radius 2 is 1.90 bits per heavy atom. The van der Waals surface area contributed by atoms with Crippen LogP contribution in [0.4, 0.5) is 18.9 Å². The second-order valence-electron chi connectivity index (χ2n) is 4.30. The van der Waals surface area contributed by atoms with Crippen molar-refractivity contribution in [2.45, 2.75) is 11.1 Å². The summed E-state index contributed by atoms with van der Waals surface area (Å²) in [6, 6.07) is 5.19. The minimum absolute atomic E-state index is 0.0526. The molecule has 1 aromatic carbocycles. The van der Waals surface area contributed by atoms with Crippen molar-refractivity contribution in [2.75, 3.05) is 18.1 Å². The summed E-state index contributed by atoms with van der Waals surface area (Å²) in [5.74, 6) is -3.11. The first kappa shape index (κ1) is 17.1. The van der Waals surface area contributed by atoms with Crippen molar-refractivity contribution < 1.29 is 26.8 Å². The number of hydrogen-bond donors (Lipinski definition) is 3. The van der Waals surface area contributed by atoms with Crippen LogP contribution in [-0.2, 0) is 9.84 Å². The van der Waals surface area contributed by atoms with Gasteiger partial charge in [0.25, 0.3) is 0 Å². The van der Waals surface area contributed by atoms with E-state index in [0.29, 0.717) is 0 Å². The van der Waals surface area contributed by atoms with Crippen molar-refractivity contribution in [3.05, 3.63) is 24.3 Å². The summed E-state index contributed by atoms with van der Waals surface area (Å²) in [5, 5.41) is 13.2. The number of amidine groups is 1. The van der Waals surface area contributed by atoms with Gasteiger partial charge in [0, 0.05) is 18.5 Å². The lowest BCUT2D eigenvalue weighted by Crippen LogP contribution is -2.40. The maximum atomic E-state index is 12.7. The summed E-state index contributed by atoms with van der Waals surface area (Å²) in [6.45, 7) is -0.641. The van der Waals surface area contributed by atoms with Crippen LogP contribution < -0.4 is 11.1 Å². The smallest absolute Gasteiger partial charge is 0.400 e. The maximum Gasteiger partial charge on any atom is 0.400 e. The molecule has 0 saturated carbocycles. The topological polar surface area (TPSA) is 105 Å². The largest absolute Gasteiger partial charge is 0.409 e. The number of nitrogens with two attached hydrogens (primary N) is 1. The average Bonchev–Trinajstić information content (AvgIpc) is 2.36. The Morgan fingerprint density at radius 1 is 1.38 bits per heavy atom. The van der Waals surface area contributed by atoms with Gasteiger partial charge in [0.15, 0.2) is 15.7 Å². The van der Waals surface area contributed by atoms with Gasteiger partial charge in [-0.15, -0.1) is 0 Å². The Bertz CT molecular complexity index is 612. The molecule has 0 aliphatic heterocycles. The van der Waals surface area contributed by atoms with Crippen molar-refractivity contribution in [1.82, 2.24) is 0 Å². The van der Waals surface area contributed by atoms with Crippen LogP contribution in [0.2, 0.25) is 0 Å². The molecule has 0 fully saturated rings. The molecule has 0 bridgehead atoms. The molecule has 4 N–H and O–H groups in total. The van der Waals surface area contributed by atoms with Crippen LogP contribution >= 0.6 is 0 Å². The standard InChI is InChI=1S/C11H14F3N3O3S/c1-21(19,20)8-4-2-7(3-5-8)16-6-9(10(15)17-18)11(12,13)14/h2-5,9,16,18H,6H2,1H3,(H2,15,17). The molecule has 6 nitrogen and oxygen atoms in total. The second kappa shape index (κ2) is 6.20. The monoisotopic (exact) mass is 325 g/mol. The number of rotatable bonds is 5. The molecule has 0 spiro atoms. The number of benzene rings is 1. The van der Waals surface area contributed by atoms with Crippen LogP contribution in [0.15, 0.2) is 34.3 Å². The predicted octanol–water partition coefficient (Wildman–Crippen LogP) is 1.43. The number of sulfone groups is 1. The lowest BCUT2D eigenvalue weighted by Gasteiger charge is -2.19. The summed E-state index contributed by atoms with van der Waals surface area (Å²) in [6.07, 6.45) is -3.65. The summed E-state index contributed by atoms with van der Waals surface area (Å²) in [7, 11) is -3.37. The first-order valence-corrected chi connectivity index (χ1v) is 7.53. The number of hydrogen-bond acceptors (Lipinski definition) is 5. The zero-order valence-electron chi connectivity index (χ0n) is 10.9. The van der Waals surface area contributed by atoms with Gasteiger partial charge in [0.05, 0.1) is 4.90 Å². The summed E-state index contributed by atoms with van der Waals surface area (Å²) in [5.41, 5.74) is 5.29. The van der Waals surface area contributed by atoms with E-state index >= 15 is 0 Å². The number of oxime groups is 1. The maximum absolute atomic E-state index is 12.7. The van der Waals surface area contributed by atoms with E-state index in [-0.39, 0.29) is 10.6 Å². The lowest BCUT2D eigenvalue weighted by atomic mass is 10.1. The van der Waals surface area contributed by atoms with Crippen molar-refractivity contribution in [1.29, 1.82) is 0 Å². The highest BCUT2D eigenvalue weighted by Gasteiger charge is 2.42. The Labute approximate surface area is 119 Å². The first-order valence-electron chi connectivity index (χ1n) is 5.64. The molecular formula is C11H14F3N3O3S. The molecule has 0 amide bonds. The van der Waals surface area contributed by atoms with Gasteiger partial charge in [-0.25, -0.2) is 8.42 Å².